The number of aromatic nitrogens is 6. The molecule has 6 aromatic rings. The SMILES string of the molecule is CCc1cccc(-c2cnc3n[nH]c(-c4nc5c(-c6ccsc6)cncc5[nH]4)c3c2)c1. The summed E-state index contributed by atoms with van der Waals surface area (Å²) in [6.07, 6.45) is 6.54. The normalized spacial score (nSPS) is 11.5. The maximum absolute atomic E-state index is 4.90. The molecule has 0 aliphatic heterocycles. The molecule has 0 unspecified atom stereocenters. The van der Waals surface area contributed by atoms with Crippen molar-refractivity contribution in [2.45, 2.75) is 13.3 Å². The van der Waals surface area contributed by atoms with Crippen molar-refractivity contribution >= 4 is 33.4 Å². The van der Waals surface area contributed by atoms with E-state index in [1.165, 1.54) is 5.56 Å². The van der Waals surface area contributed by atoms with Crippen LogP contribution in [-0.4, -0.2) is 30.1 Å². The van der Waals surface area contributed by atoms with Gasteiger partial charge in [0.2, 0.25) is 0 Å². The van der Waals surface area contributed by atoms with Gasteiger partial charge in [-0.05, 0) is 46.0 Å². The second-order valence-electron chi connectivity index (χ2n) is 7.43. The summed E-state index contributed by atoms with van der Waals surface area (Å²) in [6, 6.07) is 12.8. The van der Waals surface area contributed by atoms with Gasteiger partial charge in [0.1, 0.15) is 11.2 Å². The predicted molar refractivity (Wildman–Crippen MR) is 125 cm³/mol. The van der Waals surface area contributed by atoms with E-state index < -0.39 is 0 Å². The van der Waals surface area contributed by atoms with Crippen molar-refractivity contribution in [2.75, 3.05) is 0 Å². The molecule has 0 aliphatic carbocycles. The minimum Gasteiger partial charge on any atom is -0.335 e. The van der Waals surface area contributed by atoms with Crippen LogP contribution in [0.5, 0.6) is 0 Å². The zero-order valence-electron chi connectivity index (χ0n) is 16.8. The molecule has 1 aromatic carbocycles. The second kappa shape index (κ2) is 7.14. The van der Waals surface area contributed by atoms with Gasteiger partial charge in [-0.1, -0.05) is 31.2 Å². The Morgan fingerprint density at radius 2 is 1.97 bits per heavy atom. The van der Waals surface area contributed by atoms with Gasteiger partial charge < -0.3 is 4.98 Å². The Kier molecular flexibility index (Phi) is 4.14. The van der Waals surface area contributed by atoms with Crippen molar-refractivity contribution < 1.29 is 0 Å². The maximum Gasteiger partial charge on any atom is 0.181 e. The van der Waals surface area contributed by atoms with E-state index in [4.69, 9.17) is 4.98 Å². The molecule has 0 saturated heterocycles. The lowest BCUT2D eigenvalue weighted by atomic mass is 10.0. The first kappa shape index (κ1) is 18.0. The fraction of sp³-hybridized carbons (Fsp3) is 0.0833. The number of imidazole rings is 1. The van der Waals surface area contributed by atoms with Crippen molar-refractivity contribution in [2.24, 2.45) is 0 Å². The molecule has 0 amide bonds. The average molecular weight is 423 g/mol. The van der Waals surface area contributed by atoms with Gasteiger partial charge in [0.05, 0.1) is 17.1 Å². The highest BCUT2D eigenvalue weighted by molar-refractivity contribution is 7.08. The Hall–Kier alpha value is -3.84. The van der Waals surface area contributed by atoms with Gasteiger partial charge in [-0.25, -0.2) is 9.97 Å². The topological polar surface area (TPSA) is 83.1 Å². The highest BCUT2D eigenvalue weighted by atomic mass is 32.1. The fourth-order valence-electron chi connectivity index (χ4n) is 3.89. The minimum absolute atomic E-state index is 0.669. The number of hydrogen-bond acceptors (Lipinski definition) is 5. The molecule has 7 heteroatoms. The van der Waals surface area contributed by atoms with E-state index >= 15 is 0 Å². The first-order valence-electron chi connectivity index (χ1n) is 10.1. The Labute approximate surface area is 182 Å². The van der Waals surface area contributed by atoms with Crippen molar-refractivity contribution in [3.05, 3.63) is 71.3 Å². The number of benzene rings is 1. The summed E-state index contributed by atoms with van der Waals surface area (Å²) in [5.74, 6) is 0.725. The third kappa shape index (κ3) is 3.02. The number of nitrogens with one attached hydrogen (secondary N) is 2. The second-order valence-corrected chi connectivity index (χ2v) is 8.21. The number of pyridine rings is 2. The zero-order valence-corrected chi connectivity index (χ0v) is 17.6. The van der Waals surface area contributed by atoms with E-state index in [-0.39, 0.29) is 0 Å². The first-order chi connectivity index (χ1) is 15.3. The predicted octanol–water partition coefficient (Wildman–Crippen LogP) is 5.85. The Bertz CT molecular complexity index is 1530. The third-order valence-corrected chi connectivity index (χ3v) is 6.22. The van der Waals surface area contributed by atoms with Gasteiger partial charge >= 0.3 is 0 Å². The van der Waals surface area contributed by atoms with Crippen LogP contribution in [0.2, 0.25) is 0 Å². The van der Waals surface area contributed by atoms with Crippen LogP contribution < -0.4 is 0 Å². The molecule has 0 bridgehead atoms. The summed E-state index contributed by atoms with van der Waals surface area (Å²) in [5.41, 5.74) is 8.92. The number of hydrogen-bond donors (Lipinski definition) is 2. The lowest BCUT2D eigenvalue weighted by molar-refractivity contribution is 1.09. The molecule has 0 saturated carbocycles. The summed E-state index contributed by atoms with van der Waals surface area (Å²) < 4.78 is 0. The number of thiophene rings is 1. The van der Waals surface area contributed by atoms with Crippen LogP contribution in [0.3, 0.4) is 0 Å². The van der Waals surface area contributed by atoms with Gasteiger partial charge in [0.25, 0.3) is 0 Å². The van der Waals surface area contributed by atoms with E-state index in [1.54, 1.807) is 17.5 Å². The van der Waals surface area contributed by atoms with Crippen molar-refractivity contribution in [3.63, 3.8) is 0 Å². The molecule has 5 aromatic heterocycles. The Morgan fingerprint density at radius 1 is 1.00 bits per heavy atom. The largest absolute Gasteiger partial charge is 0.335 e. The number of H-pyrrole nitrogens is 2. The molecule has 0 aliphatic rings. The quantitative estimate of drug-likeness (QED) is 0.373. The van der Waals surface area contributed by atoms with E-state index in [2.05, 4.69) is 79.2 Å². The molecule has 6 rings (SSSR count). The van der Waals surface area contributed by atoms with E-state index in [9.17, 15) is 0 Å². The molecular formula is C24H18N6S. The molecule has 2 N–H and O–H groups in total. The maximum atomic E-state index is 4.90. The van der Waals surface area contributed by atoms with Gasteiger partial charge in [0, 0.05) is 23.5 Å². The van der Waals surface area contributed by atoms with Crippen LogP contribution >= 0.6 is 11.3 Å². The lowest BCUT2D eigenvalue weighted by Crippen LogP contribution is -1.86. The van der Waals surface area contributed by atoms with Crippen LogP contribution in [-0.2, 0) is 6.42 Å². The summed E-state index contributed by atoms with van der Waals surface area (Å²) >= 11 is 1.66. The fourth-order valence-corrected chi connectivity index (χ4v) is 4.55. The lowest BCUT2D eigenvalue weighted by Gasteiger charge is -2.04. The summed E-state index contributed by atoms with van der Waals surface area (Å²) in [7, 11) is 0. The minimum atomic E-state index is 0.669. The van der Waals surface area contributed by atoms with Crippen LogP contribution in [0.4, 0.5) is 0 Å². The summed E-state index contributed by atoms with van der Waals surface area (Å²) in [5, 5.41) is 12.6. The number of fused-ring (bicyclic) bond motifs is 2. The molecule has 0 radical (unpaired) electrons. The van der Waals surface area contributed by atoms with Crippen LogP contribution in [0.25, 0.3) is 55.8 Å². The number of aromatic amines is 2. The number of nitrogens with zero attached hydrogens (tertiary/aromatic N) is 4. The highest BCUT2D eigenvalue weighted by Crippen LogP contribution is 2.32. The van der Waals surface area contributed by atoms with Crippen LogP contribution in [0.15, 0.2) is 65.7 Å². The Morgan fingerprint density at radius 3 is 2.84 bits per heavy atom. The monoisotopic (exact) mass is 422 g/mol. The van der Waals surface area contributed by atoms with Gasteiger partial charge in [-0.3, -0.25) is 10.1 Å². The van der Waals surface area contributed by atoms with Crippen LogP contribution in [0, 0.1) is 0 Å². The molecule has 0 spiro atoms. The van der Waals surface area contributed by atoms with Crippen molar-refractivity contribution in [1.29, 1.82) is 0 Å². The third-order valence-electron chi connectivity index (χ3n) is 5.54. The van der Waals surface area contributed by atoms with Gasteiger partial charge in [0.15, 0.2) is 11.5 Å². The highest BCUT2D eigenvalue weighted by Gasteiger charge is 2.16. The molecule has 5 heterocycles. The van der Waals surface area contributed by atoms with E-state index in [0.29, 0.717) is 5.65 Å². The first-order valence-corrected chi connectivity index (χ1v) is 11.0. The summed E-state index contributed by atoms with van der Waals surface area (Å²) in [4.78, 5) is 17.3. The molecule has 0 atom stereocenters. The summed E-state index contributed by atoms with van der Waals surface area (Å²) in [6.45, 7) is 2.16. The smallest absolute Gasteiger partial charge is 0.181 e. The van der Waals surface area contributed by atoms with E-state index in [0.717, 1.165) is 56.6 Å². The van der Waals surface area contributed by atoms with Gasteiger partial charge in [-0.15, -0.1) is 0 Å². The number of rotatable bonds is 4. The average Bonchev–Trinajstić information content (AvgIpc) is 3.57. The molecule has 150 valence electrons. The van der Waals surface area contributed by atoms with Gasteiger partial charge in [-0.2, -0.15) is 16.4 Å². The van der Waals surface area contributed by atoms with Crippen LogP contribution in [0.1, 0.15) is 12.5 Å². The molecular weight excluding hydrogens is 404 g/mol. The van der Waals surface area contributed by atoms with Crippen molar-refractivity contribution in [1.82, 2.24) is 30.1 Å². The molecule has 0 fully saturated rings. The Balaban J connectivity index is 1.50. The number of aryl methyl sites for hydroxylation is 1. The molecule has 31 heavy (non-hydrogen) atoms. The van der Waals surface area contributed by atoms with Crippen molar-refractivity contribution in [3.8, 4) is 33.8 Å². The zero-order chi connectivity index (χ0) is 20.8. The molecule has 6 nitrogen and oxygen atoms in total. The standard InChI is InChI=1S/C24H18N6S/c1-2-14-4-3-5-15(8-14)17-9-18-22(29-30-23(18)26-10-17)24-27-20-12-25-11-19(21(20)28-24)16-6-7-31-13-16/h3-13H,2H2,1H3,(H,27,28)(H,26,29,30). The van der Waals surface area contributed by atoms with E-state index in [1.807, 2.05) is 12.4 Å².